The van der Waals surface area contributed by atoms with Crippen LogP contribution in [0.4, 0.5) is 11.5 Å². The van der Waals surface area contributed by atoms with Gasteiger partial charge >= 0.3 is 5.97 Å². The van der Waals surface area contributed by atoms with Crippen LogP contribution in [0.15, 0.2) is 36.5 Å². The van der Waals surface area contributed by atoms with Gasteiger partial charge in [-0.1, -0.05) is 13.8 Å². The van der Waals surface area contributed by atoms with Crippen molar-refractivity contribution in [2.24, 2.45) is 0 Å². The molecular formula is C19H24N4O2. The Labute approximate surface area is 148 Å². The van der Waals surface area contributed by atoms with Crippen LogP contribution < -0.4 is 9.80 Å². The van der Waals surface area contributed by atoms with Crippen molar-refractivity contribution in [3.05, 3.63) is 47.9 Å². The van der Waals surface area contributed by atoms with Gasteiger partial charge in [-0.05, 0) is 37.3 Å². The lowest BCUT2D eigenvalue weighted by molar-refractivity contribution is 0.0697. The topological polar surface area (TPSA) is 69.6 Å². The maximum atomic E-state index is 11.0. The number of piperazine rings is 1. The van der Waals surface area contributed by atoms with Crippen molar-refractivity contribution in [3.8, 4) is 0 Å². The van der Waals surface area contributed by atoms with Crippen LogP contribution in [0.25, 0.3) is 0 Å². The van der Waals surface area contributed by atoms with Gasteiger partial charge in [0, 0.05) is 43.5 Å². The molecule has 0 aliphatic carbocycles. The van der Waals surface area contributed by atoms with Crippen molar-refractivity contribution >= 4 is 17.5 Å². The van der Waals surface area contributed by atoms with Gasteiger partial charge < -0.3 is 14.9 Å². The summed E-state index contributed by atoms with van der Waals surface area (Å²) in [7, 11) is 0. The standard InChI is InChI=1S/C19H24N4O2/c1-13(2)18-20-9-8-17(21-18)23-11-10-22(12-14(23)3)16-6-4-15(5-7-16)19(24)25/h4-9,13-14H,10-12H2,1-3H3,(H,24,25). The van der Waals surface area contributed by atoms with E-state index in [2.05, 4.69) is 35.6 Å². The zero-order valence-electron chi connectivity index (χ0n) is 14.9. The molecule has 25 heavy (non-hydrogen) atoms. The molecule has 3 rings (SSSR count). The molecule has 0 radical (unpaired) electrons. The molecular weight excluding hydrogens is 316 g/mol. The van der Waals surface area contributed by atoms with E-state index >= 15 is 0 Å². The van der Waals surface area contributed by atoms with E-state index < -0.39 is 5.97 Å². The Morgan fingerprint density at radius 2 is 1.92 bits per heavy atom. The quantitative estimate of drug-likeness (QED) is 0.923. The second-order valence-corrected chi connectivity index (χ2v) is 6.77. The normalized spacial score (nSPS) is 17.8. The molecule has 1 saturated heterocycles. The maximum absolute atomic E-state index is 11.0. The van der Waals surface area contributed by atoms with Crippen molar-refractivity contribution in [1.82, 2.24) is 9.97 Å². The van der Waals surface area contributed by atoms with Crippen LogP contribution in [0, 0.1) is 0 Å². The predicted molar refractivity (Wildman–Crippen MR) is 98.5 cm³/mol. The molecule has 132 valence electrons. The van der Waals surface area contributed by atoms with Gasteiger partial charge in [0.05, 0.1) is 5.56 Å². The lowest BCUT2D eigenvalue weighted by atomic mass is 10.1. The molecule has 1 aromatic heterocycles. The van der Waals surface area contributed by atoms with Crippen molar-refractivity contribution in [2.75, 3.05) is 29.4 Å². The average molecular weight is 340 g/mol. The number of carbonyl (C=O) groups is 1. The minimum absolute atomic E-state index is 0.308. The van der Waals surface area contributed by atoms with Crippen LogP contribution in [0.2, 0.25) is 0 Å². The van der Waals surface area contributed by atoms with Gasteiger partial charge in [0.15, 0.2) is 0 Å². The van der Waals surface area contributed by atoms with Crippen LogP contribution in [0.3, 0.4) is 0 Å². The smallest absolute Gasteiger partial charge is 0.335 e. The number of anilines is 2. The Hall–Kier alpha value is -2.63. The second-order valence-electron chi connectivity index (χ2n) is 6.77. The van der Waals surface area contributed by atoms with E-state index in [0.29, 0.717) is 17.5 Å². The van der Waals surface area contributed by atoms with Crippen molar-refractivity contribution in [2.45, 2.75) is 32.7 Å². The van der Waals surface area contributed by atoms with Crippen LogP contribution in [0.5, 0.6) is 0 Å². The van der Waals surface area contributed by atoms with Crippen LogP contribution in [-0.2, 0) is 0 Å². The number of hydrogen-bond donors (Lipinski definition) is 1. The molecule has 6 nitrogen and oxygen atoms in total. The first-order valence-corrected chi connectivity index (χ1v) is 8.63. The molecule has 1 fully saturated rings. The van der Waals surface area contributed by atoms with E-state index in [1.165, 1.54) is 0 Å². The summed E-state index contributed by atoms with van der Waals surface area (Å²) in [6, 6.07) is 9.37. The Balaban J connectivity index is 1.72. The number of carboxylic acids is 1. The van der Waals surface area contributed by atoms with Crippen LogP contribution in [0.1, 0.15) is 42.9 Å². The van der Waals surface area contributed by atoms with Crippen molar-refractivity contribution in [1.29, 1.82) is 0 Å². The molecule has 2 heterocycles. The van der Waals surface area contributed by atoms with E-state index in [1.807, 2.05) is 24.4 Å². The number of carboxylic acid groups (broad SMARTS) is 1. The van der Waals surface area contributed by atoms with Gasteiger partial charge in [-0.15, -0.1) is 0 Å². The maximum Gasteiger partial charge on any atom is 0.335 e. The second kappa shape index (κ2) is 7.09. The summed E-state index contributed by atoms with van der Waals surface area (Å²) in [4.78, 5) is 24.6. The summed E-state index contributed by atoms with van der Waals surface area (Å²) in [5.41, 5.74) is 1.37. The molecule has 0 saturated carbocycles. The van der Waals surface area contributed by atoms with Crippen LogP contribution in [-0.4, -0.2) is 46.7 Å². The monoisotopic (exact) mass is 340 g/mol. The summed E-state index contributed by atoms with van der Waals surface area (Å²) in [5.74, 6) is 1.27. The number of aromatic carboxylic acids is 1. The molecule has 0 spiro atoms. The highest BCUT2D eigenvalue weighted by molar-refractivity contribution is 5.88. The molecule has 0 bridgehead atoms. The summed E-state index contributed by atoms with van der Waals surface area (Å²) in [6.07, 6.45) is 1.83. The van der Waals surface area contributed by atoms with Gasteiger partial charge in [0.2, 0.25) is 0 Å². The number of benzene rings is 1. The van der Waals surface area contributed by atoms with Crippen LogP contribution >= 0.6 is 0 Å². The van der Waals surface area contributed by atoms with Crippen molar-refractivity contribution in [3.63, 3.8) is 0 Å². The number of nitrogens with zero attached hydrogens (tertiary/aromatic N) is 4. The Bertz CT molecular complexity index is 745. The molecule has 6 heteroatoms. The Kier molecular flexibility index (Phi) is 4.88. The lowest BCUT2D eigenvalue weighted by Crippen LogP contribution is -2.52. The number of hydrogen-bond acceptors (Lipinski definition) is 5. The summed E-state index contributed by atoms with van der Waals surface area (Å²) < 4.78 is 0. The minimum Gasteiger partial charge on any atom is -0.478 e. The average Bonchev–Trinajstić information content (AvgIpc) is 2.61. The Morgan fingerprint density at radius 3 is 2.52 bits per heavy atom. The summed E-state index contributed by atoms with van der Waals surface area (Å²) >= 11 is 0. The lowest BCUT2D eigenvalue weighted by Gasteiger charge is -2.41. The van der Waals surface area contributed by atoms with E-state index in [-0.39, 0.29) is 0 Å². The molecule has 1 aromatic carbocycles. The number of aromatic nitrogens is 2. The van der Waals surface area contributed by atoms with E-state index in [1.54, 1.807) is 12.1 Å². The third-order valence-electron chi connectivity index (χ3n) is 4.58. The fourth-order valence-corrected chi connectivity index (χ4v) is 3.15. The zero-order valence-corrected chi connectivity index (χ0v) is 14.9. The SMILES string of the molecule is CC(C)c1nccc(N2CCN(c3ccc(C(=O)O)cc3)CC2C)n1. The van der Waals surface area contributed by atoms with Gasteiger partial charge in [-0.3, -0.25) is 0 Å². The third-order valence-corrected chi connectivity index (χ3v) is 4.58. The Morgan fingerprint density at radius 1 is 1.20 bits per heavy atom. The van der Waals surface area contributed by atoms with Gasteiger partial charge in [0.1, 0.15) is 11.6 Å². The first-order chi connectivity index (χ1) is 12.0. The molecule has 1 atom stereocenters. The summed E-state index contributed by atoms with van der Waals surface area (Å²) in [6.45, 7) is 9.00. The van der Waals surface area contributed by atoms with E-state index in [4.69, 9.17) is 10.1 Å². The number of rotatable bonds is 4. The van der Waals surface area contributed by atoms with Gasteiger partial charge in [-0.25, -0.2) is 14.8 Å². The van der Waals surface area contributed by atoms with Crippen molar-refractivity contribution < 1.29 is 9.90 Å². The largest absolute Gasteiger partial charge is 0.478 e. The van der Waals surface area contributed by atoms with Gasteiger partial charge in [-0.2, -0.15) is 0 Å². The first-order valence-electron chi connectivity index (χ1n) is 8.63. The van der Waals surface area contributed by atoms with Gasteiger partial charge in [0.25, 0.3) is 0 Å². The van der Waals surface area contributed by atoms with E-state index in [9.17, 15) is 4.79 Å². The minimum atomic E-state index is -0.894. The fraction of sp³-hybridized carbons (Fsp3) is 0.421. The molecule has 0 amide bonds. The highest BCUT2D eigenvalue weighted by Gasteiger charge is 2.25. The molecule has 1 N–H and O–H groups in total. The zero-order chi connectivity index (χ0) is 18.0. The predicted octanol–water partition coefficient (Wildman–Crippen LogP) is 3.01. The highest BCUT2D eigenvalue weighted by atomic mass is 16.4. The molecule has 1 aliphatic heterocycles. The van der Waals surface area contributed by atoms with E-state index in [0.717, 1.165) is 37.0 Å². The molecule has 1 aliphatic rings. The fourth-order valence-electron chi connectivity index (χ4n) is 3.15. The first kappa shape index (κ1) is 17.2. The molecule has 1 unspecified atom stereocenters. The third kappa shape index (κ3) is 3.73. The molecule has 2 aromatic rings. The highest BCUT2D eigenvalue weighted by Crippen LogP contribution is 2.24. The summed E-state index contributed by atoms with van der Waals surface area (Å²) in [5, 5.41) is 9.02.